The summed E-state index contributed by atoms with van der Waals surface area (Å²) in [7, 11) is 0. The largest absolute Gasteiger partial charge is 0.684 e. The quantitative estimate of drug-likeness (QED) is 0.668. The van der Waals surface area contributed by atoms with E-state index in [1.54, 1.807) is 6.07 Å². The topological polar surface area (TPSA) is 37.9 Å². The number of alkyl halides is 1. The Morgan fingerprint density at radius 1 is 1.44 bits per heavy atom. The fraction of sp³-hybridized carbons (Fsp3) is 0.417. The molecule has 2 rings (SSSR count). The van der Waals surface area contributed by atoms with Crippen molar-refractivity contribution >= 4 is 0 Å². The Morgan fingerprint density at radius 3 is 2.88 bits per heavy atom. The lowest BCUT2D eigenvalue weighted by Gasteiger charge is -2.32. The highest BCUT2D eigenvalue weighted by atomic mass is 19.1. The zero-order valence-corrected chi connectivity index (χ0v) is 8.71. The lowest BCUT2D eigenvalue weighted by molar-refractivity contribution is 0.378. The molecule has 1 aliphatic heterocycles. The van der Waals surface area contributed by atoms with Gasteiger partial charge in [-0.2, -0.15) is 5.26 Å². The standard InChI is InChI=1S/C12H11F2N2/c13-10-5-4-8(12(14)9(10)7-15)11-3-1-2-6-16-11/h3-4,10H,1-2,5-6H2/q-1. The average molecular weight is 221 g/mol. The van der Waals surface area contributed by atoms with E-state index < -0.39 is 17.6 Å². The maximum atomic E-state index is 13.8. The third kappa shape index (κ3) is 1.85. The molecule has 0 aromatic rings. The fourth-order valence-corrected chi connectivity index (χ4v) is 1.84. The Morgan fingerprint density at radius 2 is 2.25 bits per heavy atom. The van der Waals surface area contributed by atoms with Crippen LogP contribution in [0.5, 0.6) is 0 Å². The summed E-state index contributed by atoms with van der Waals surface area (Å²) in [4.78, 5) is 0. The second-order valence-corrected chi connectivity index (χ2v) is 3.77. The van der Waals surface area contributed by atoms with E-state index in [9.17, 15) is 8.78 Å². The van der Waals surface area contributed by atoms with Crippen molar-refractivity contribution in [3.63, 3.8) is 0 Å². The predicted octanol–water partition coefficient (Wildman–Crippen LogP) is 3.45. The summed E-state index contributed by atoms with van der Waals surface area (Å²) in [5.41, 5.74) is 0.438. The minimum Gasteiger partial charge on any atom is -0.684 e. The monoisotopic (exact) mass is 221 g/mol. The predicted molar refractivity (Wildman–Crippen MR) is 56.9 cm³/mol. The highest BCUT2D eigenvalue weighted by molar-refractivity contribution is 5.56. The molecule has 0 aromatic carbocycles. The van der Waals surface area contributed by atoms with Gasteiger partial charge < -0.3 is 5.32 Å². The Balaban J connectivity index is 2.33. The zero-order chi connectivity index (χ0) is 11.5. The summed E-state index contributed by atoms with van der Waals surface area (Å²) in [5, 5.41) is 12.9. The summed E-state index contributed by atoms with van der Waals surface area (Å²) in [6, 6.07) is 1.59. The van der Waals surface area contributed by atoms with E-state index >= 15 is 0 Å². The summed E-state index contributed by atoms with van der Waals surface area (Å²) >= 11 is 0. The second-order valence-electron chi connectivity index (χ2n) is 3.77. The molecule has 0 N–H and O–H groups in total. The Hall–Kier alpha value is -1.63. The first-order valence-corrected chi connectivity index (χ1v) is 5.26. The van der Waals surface area contributed by atoms with E-state index in [0.717, 1.165) is 12.8 Å². The van der Waals surface area contributed by atoms with Gasteiger partial charge in [-0.3, -0.25) is 0 Å². The molecule has 1 atom stereocenters. The smallest absolute Gasteiger partial charge is 0.145 e. The first-order valence-electron chi connectivity index (χ1n) is 5.26. The van der Waals surface area contributed by atoms with E-state index in [1.165, 1.54) is 6.08 Å². The van der Waals surface area contributed by atoms with Crippen LogP contribution in [0.4, 0.5) is 8.78 Å². The molecule has 1 aliphatic carbocycles. The van der Waals surface area contributed by atoms with Gasteiger partial charge in [0.2, 0.25) is 0 Å². The van der Waals surface area contributed by atoms with Crippen molar-refractivity contribution in [1.29, 1.82) is 5.26 Å². The molecular formula is C12H11F2N2-. The summed E-state index contributed by atoms with van der Waals surface area (Å²) in [5.74, 6) is -0.752. The molecule has 0 saturated carbocycles. The SMILES string of the molecule is N#CC1=C(F)C(C2=CCCC[N-]2)=CCC1F. The van der Waals surface area contributed by atoms with Gasteiger partial charge in [-0.1, -0.05) is 18.6 Å². The maximum Gasteiger partial charge on any atom is 0.145 e. The minimum atomic E-state index is -1.52. The molecule has 0 bridgehead atoms. The number of halogens is 2. The van der Waals surface area contributed by atoms with Crippen LogP contribution in [0.2, 0.25) is 0 Å². The van der Waals surface area contributed by atoms with E-state index in [2.05, 4.69) is 5.32 Å². The summed E-state index contributed by atoms with van der Waals surface area (Å²) < 4.78 is 27.0. The third-order valence-corrected chi connectivity index (χ3v) is 2.69. The van der Waals surface area contributed by atoms with Gasteiger partial charge in [0.05, 0.1) is 0 Å². The normalized spacial score (nSPS) is 25.4. The molecule has 0 spiro atoms. The second kappa shape index (κ2) is 4.48. The fourth-order valence-electron chi connectivity index (χ4n) is 1.84. The van der Waals surface area contributed by atoms with Crippen molar-refractivity contribution in [3.8, 4) is 6.07 Å². The van der Waals surface area contributed by atoms with Crippen LogP contribution < -0.4 is 0 Å². The van der Waals surface area contributed by atoms with Crippen LogP contribution in [-0.4, -0.2) is 12.7 Å². The molecule has 1 unspecified atom stereocenters. The Kier molecular flexibility index (Phi) is 3.04. The number of hydrogen-bond donors (Lipinski definition) is 0. The van der Waals surface area contributed by atoms with Gasteiger partial charge in [0.1, 0.15) is 23.6 Å². The molecule has 2 nitrogen and oxygen atoms in total. The van der Waals surface area contributed by atoms with Crippen molar-refractivity contribution in [1.82, 2.24) is 0 Å². The molecule has 16 heavy (non-hydrogen) atoms. The maximum absolute atomic E-state index is 13.8. The van der Waals surface area contributed by atoms with Gasteiger partial charge in [0, 0.05) is 6.42 Å². The molecule has 0 aromatic heterocycles. The van der Waals surface area contributed by atoms with E-state index in [1.807, 2.05) is 6.08 Å². The molecule has 0 amide bonds. The highest BCUT2D eigenvalue weighted by Gasteiger charge is 2.24. The lowest BCUT2D eigenvalue weighted by atomic mass is 9.94. The molecule has 84 valence electrons. The van der Waals surface area contributed by atoms with Crippen LogP contribution in [0, 0.1) is 11.3 Å². The number of nitriles is 1. The van der Waals surface area contributed by atoms with E-state index in [4.69, 9.17) is 5.26 Å². The Labute approximate surface area is 92.9 Å². The molecule has 2 aliphatic rings. The van der Waals surface area contributed by atoms with Crippen molar-refractivity contribution in [3.05, 3.63) is 40.1 Å². The highest BCUT2D eigenvalue weighted by Crippen LogP contribution is 2.35. The van der Waals surface area contributed by atoms with Crippen LogP contribution >= 0.6 is 0 Å². The first-order chi connectivity index (χ1) is 7.74. The zero-order valence-electron chi connectivity index (χ0n) is 8.71. The number of nitrogens with zero attached hydrogens (tertiary/aromatic N) is 2. The van der Waals surface area contributed by atoms with Crippen molar-refractivity contribution in [2.24, 2.45) is 0 Å². The first kappa shape index (κ1) is 10.9. The summed E-state index contributed by atoms with van der Waals surface area (Å²) in [6.45, 7) is 0.664. The third-order valence-electron chi connectivity index (χ3n) is 2.69. The van der Waals surface area contributed by atoms with Crippen LogP contribution in [0.1, 0.15) is 19.3 Å². The van der Waals surface area contributed by atoms with Crippen molar-refractivity contribution in [2.45, 2.75) is 25.4 Å². The molecule has 1 heterocycles. The van der Waals surface area contributed by atoms with E-state index in [0.29, 0.717) is 12.2 Å². The molecule has 0 fully saturated rings. The van der Waals surface area contributed by atoms with Crippen LogP contribution in [-0.2, 0) is 0 Å². The summed E-state index contributed by atoms with van der Waals surface area (Å²) in [6.07, 6.45) is 3.67. The van der Waals surface area contributed by atoms with E-state index in [-0.39, 0.29) is 12.0 Å². The molecule has 0 radical (unpaired) electrons. The van der Waals surface area contributed by atoms with Crippen molar-refractivity contribution < 1.29 is 8.78 Å². The molecule has 4 heteroatoms. The van der Waals surface area contributed by atoms with Crippen molar-refractivity contribution in [2.75, 3.05) is 6.54 Å². The molecule has 0 saturated heterocycles. The number of allylic oxidation sites excluding steroid dienone is 4. The minimum absolute atomic E-state index is 0.0541. The van der Waals surface area contributed by atoms with Gasteiger partial charge in [-0.15, -0.1) is 12.2 Å². The molecular weight excluding hydrogens is 210 g/mol. The van der Waals surface area contributed by atoms with Crippen LogP contribution in [0.3, 0.4) is 0 Å². The van der Waals surface area contributed by atoms with Crippen LogP contribution in [0.25, 0.3) is 5.32 Å². The van der Waals surface area contributed by atoms with Gasteiger partial charge in [0.15, 0.2) is 0 Å². The van der Waals surface area contributed by atoms with Gasteiger partial charge in [-0.05, 0) is 12.0 Å². The lowest BCUT2D eigenvalue weighted by Crippen LogP contribution is -2.12. The van der Waals surface area contributed by atoms with Crippen LogP contribution in [0.15, 0.2) is 34.8 Å². The van der Waals surface area contributed by atoms with Gasteiger partial charge in [0.25, 0.3) is 0 Å². The van der Waals surface area contributed by atoms with Gasteiger partial charge in [-0.25, -0.2) is 8.78 Å². The van der Waals surface area contributed by atoms with Gasteiger partial charge >= 0.3 is 0 Å². The number of rotatable bonds is 1. The Bertz CT molecular complexity index is 427. The average Bonchev–Trinajstić information content (AvgIpc) is 2.31. The number of hydrogen-bond acceptors (Lipinski definition) is 1.